The van der Waals surface area contributed by atoms with Crippen LogP contribution >= 0.6 is 0 Å². The predicted molar refractivity (Wildman–Crippen MR) is 40.2 cm³/mol. The van der Waals surface area contributed by atoms with Crippen molar-refractivity contribution in [3.05, 3.63) is 35.4 Å². The van der Waals surface area contributed by atoms with Crippen molar-refractivity contribution >= 4 is 5.97 Å². The van der Waals surface area contributed by atoms with Gasteiger partial charge >= 0.3 is 5.97 Å². The standard InChI is InChI=1S/C8H8NO2/c9-5-6-1-3-7(4-2-6)8(10)11/h1-4,9H,5H2,(H,10,11). The van der Waals surface area contributed by atoms with Crippen LogP contribution in [0.5, 0.6) is 0 Å². The lowest BCUT2D eigenvalue weighted by Crippen LogP contribution is -1.95. The minimum Gasteiger partial charge on any atom is -0.478 e. The molecule has 1 aromatic carbocycles. The Morgan fingerprint density at radius 2 is 1.91 bits per heavy atom. The van der Waals surface area contributed by atoms with E-state index in [1.54, 1.807) is 12.1 Å². The average Bonchev–Trinajstić information content (AvgIpc) is 2.05. The summed E-state index contributed by atoms with van der Waals surface area (Å²) < 4.78 is 0. The Balaban J connectivity index is 2.91. The molecule has 1 rings (SSSR count). The number of aromatic carboxylic acids is 1. The summed E-state index contributed by atoms with van der Waals surface area (Å²) in [6, 6.07) is 6.31. The fraction of sp³-hybridized carbons (Fsp3) is 0.125. The number of carbonyl (C=O) groups is 1. The van der Waals surface area contributed by atoms with Gasteiger partial charge in [0.1, 0.15) is 0 Å². The van der Waals surface area contributed by atoms with E-state index >= 15 is 0 Å². The lowest BCUT2D eigenvalue weighted by atomic mass is 10.1. The van der Waals surface area contributed by atoms with Gasteiger partial charge in [0, 0.05) is 6.54 Å². The minimum atomic E-state index is -0.929. The van der Waals surface area contributed by atoms with Crippen LogP contribution in [0.1, 0.15) is 15.9 Å². The highest BCUT2D eigenvalue weighted by molar-refractivity contribution is 5.87. The molecule has 57 valence electrons. The van der Waals surface area contributed by atoms with Gasteiger partial charge in [0.2, 0.25) is 0 Å². The molecule has 0 aliphatic heterocycles. The largest absolute Gasteiger partial charge is 0.478 e. The van der Waals surface area contributed by atoms with Crippen molar-refractivity contribution in [2.45, 2.75) is 6.54 Å². The summed E-state index contributed by atoms with van der Waals surface area (Å²) in [4.78, 5) is 10.4. The highest BCUT2D eigenvalue weighted by Gasteiger charge is 1.99. The predicted octanol–water partition coefficient (Wildman–Crippen LogP) is 1.17. The molecule has 0 bridgehead atoms. The zero-order valence-electron chi connectivity index (χ0n) is 5.87. The summed E-state index contributed by atoms with van der Waals surface area (Å²) in [6.45, 7) is 0.194. The molecule has 0 unspecified atom stereocenters. The molecule has 0 fully saturated rings. The summed E-state index contributed by atoms with van der Waals surface area (Å²) in [5.74, 6) is -0.929. The quantitative estimate of drug-likeness (QED) is 0.687. The minimum absolute atomic E-state index is 0.194. The maximum absolute atomic E-state index is 10.4. The van der Waals surface area contributed by atoms with E-state index in [0.29, 0.717) is 0 Å². The molecular weight excluding hydrogens is 142 g/mol. The molecule has 0 atom stereocenters. The third kappa shape index (κ3) is 1.78. The van der Waals surface area contributed by atoms with E-state index in [9.17, 15) is 4.79 Å². The van der Waals surface area contributed by atoms with Crippen LogP contribution in [0.2, 0.25) is 0 Å². The molecule has 2 N–H and O–H groups in total. The second-order valence-electron chi connectivity index (χ2n) is 2.18. The zero-order chi connectivity index (χ0) is 8.27. The Labute approximate surface area is 64.5 Å². The average molecular weight is 150 g/mol. The smallest absolute Gasteiger partial charge is 0.335 e. The van der Waals surface area contributed by atoms with Gasteiger partial charge in [-0.15, -0.1) is 0 Å². The molecule has 0 aliphatic rings. The second kappa shape index (κ2) is 3.16. The zero-order valence-corrected chi connectivity index (χ0v) is 5.87. The van der Waals surface area contributed by atoms with E-state index in [2.05, 4.69) is 0 Å². The summed E-state index contributed by atoms with van der Waals surface area (Å²) in [7, 11) is 0. The Hall–Kier alpha value is -1.35. The van der Waals surface area contributed by atoms with Crippen molar-refractivity contribution in [3.8, 4) is 0 Å². The van der Waals surface area contributed by atoms with Gasteiger partial charge in [-0.05, 0) is 17.7 Å². The van der Waals surface area contributed by atoms with E-state index in [-0.39, 0.29) is 12.1 Å². The lowest BCUT2D eigenvalue weighted by Gasteiger charge is -1.95. The van der Waals surface area contributed by atoms with Crippen LogP contribution in [-0.2, 0) is 6.54 Å². The molecule has 11 heavy (non-hydrogen) atoms. The van der Waals surface area contributed by atoms with Crippen LogP contribution in [0.25, 0.3) is 0 Å². The number of hydrogen-bond acceptors (Lipinski definition) is 1. The highest BCUT2D eigenvalue weighted by Crippen LogP contribution is 2.03. The molecule has 0 aromatic heterocycles. The fourth-order valence-electron chi connectivity index (χ4n) is 0.765. The lowest BCUT2D eigenvalue weighted by molar-refractivity contribution is 0.0697. The molecule has 0 heterocycles. The van der Waals surface area contributed by atoms with E-state index < -0.39 is 5.97 Å². The molecule has 0 spiro atoms. The van der Waals surface area contributed by atoms with Gasteiger partial charge in [-0.3, -0.25) is 5.73 Å². The summed E-state index contributed by atoms with van der Waals surface area (Å²) in [6.07, 6.45) is 0. The second-order valence-corrected chi connectivity index (χ2v) is 2.18. The molecule has 0 saturated heterocycles. The number of carboxylic acid groups (broad SMARTS) is 1. The third-order valence-corrected chi connectivity index (χ3v) is 1.41. The first-order valence-electron chi connectivity index (χ1n) is 3.21. The maximum Gasteiger partial charge on any atom is 0.335 e. The normalized spacial score (nSPS) is 9.55. The Kier molecular flexibility index (Phi) is 2.23. The number of nitrogens with one attached hydrogen (secondary N) is 1. The van der Waals surface area contributed by atoms with Crippen molar-refractivity contribution in [1.82, 2.24) is 5.73 Å². The summed E-state index contributed by atoms with van der Waals surface area (Å²) in [5.41, 5.74) is 8.07. The maximum atomic E-state index is 10.4. The number of hydrogen-bond donors (Lipinski definition) is 1. The third-order valence-electron chi connectivity index (χ3n) is 1.41. The van der Waals surface area contributed by atoms with Crippen LogP contribution in [0, 0.1) is 0 Å². The first kappa shape index (κ1) is 7.75. The van der Waals surface area contributed by atoms with Crippen molar-refractivity contribution in [2.75, 3.05) is 0 Å². The van der Waals surface area contributed by atoms with Gasteiger partial charge in [-0.2, -0.15) is 0 Å². The van der Waals surface area contributed by atoms with Crippen LogP contribution < -0.4 is 5.73 Å². The van der Waals surface area contributed by atoms with Gasteiger partial charge < -0.3 is 5.11 Å². The van der Waals surface area contributed by atoms with Crippen LogP contribution in [0.3, 0.4) is 0 Å². The van der Waals surface area contributed by atoms with E-state index in [0.717, 1.165) is 5.56 Å². The molecule has 3 nitrogen and oxygen atoms in total. The SMILES string of the molecule is [NH]Cc1ccc(C(=O)O)cc1. The number of carboxylic acids is 1. The molecule has 1 radical (unpaired) electrons. The van der Waals surface area contributed by atoms with Gasteiger partial charge in [0.15, 0.2) is 0 Å². The van der Waals surface area contributed by atoms with Crippen molar-refractivity contribution in [3.63, 3.8) is 0 Å². The topological polar surface area (TPSA) is 61.1 Å². The first-order valence-corrected chi connectivity index (χ1v) is 3.21. The Morgan fingerprint density at radius 3 is 2.27 bits per heavy atom. The Morgan fingerprint density at radius 1 is 1.36 bits per heavy atom. The number of benzene rings is 1. The molecular formula is C8H8NO2. The summed E-state index contributed by atoms with van der Waals surface area (Å²) >= 11 is 0. The molecule has 3 heteroatoms. The van der Waals surface area contributed by atoms with E-state index in [1.165, 1.54) is 12.1 Å². The van der Waals surface area contributed by atoms with Gasteiger partial charge in [-0.1, -0.05) is 12.1 Å². The van der Waals surface area contributed by atoms with Crippen LogP contribution in [0.4, 0.5) is 0 Å². The molecule has 0 amide bonds. The highest BCUT2D eigenvalue weighted by atomic mass is 16.4. The molecule has 1 aromatic rings. The van der Waals surface area contributed by atoms with Gasteiger partial charge in [-0.25, -0.2) is 4.79 Å². The van der Waals surface area contributed by atoms with E-state index in [1.807, 2.05) is 0 Å². The van der Waals surface area contributed by atoms with Crippen LogP contribution in [0.15, 0.2) is 24.3 Å². The number of rotatable bonds is 2. The van der Waals surface area contributed by atoms with E-state index in [4.69, 9.17) is 10.8 Å². The van der Waals surface area contributed by atoms with Crippen LogP contribution in [-0.4, -0.2) is 11.1 Å². The van der Waals surface area contributed by atoms with Gasteiger partial charge in [0.25, 0.3) is 0 Å². The van der Waals surface area contributed by atoms with Gasteiger partial charge in [0.05, 0.1) is 5.56 Å². The first-order chi connectivity index (χ1) is 5.24. The van der Waals surface area contributed by atoms with Crippen molar-refractivity contribution in [1.29, 1.82) is 0 Å². The Bertz CT molecular complexity index is 253. The summed E-state index contributed by atoms with van der Waals surface area (Å²) in [5, 5.41) is 8.50. The monoisotopic (exact) mass is 150 g/mol. The molecule has 0 saturated carbocycles. The van der Waals surface area contributed by atoms with Crippen molar-refractivity contribution in [2.24, 2.45) is 0 Å². The molecule has 0 aliphatic carbocycles. The fourth-order valence-corrected chi connectivity index (χ4v) is 0.765. The van der Waals surface area contributed by atoms with Crippen molar-refractivity contribution < 1.29 is 9.90 Å².